The molecule has 4 aromatic rings. The molecule has 0 atom stereocenters. The number of aromatic amines is 1. The highest BCUT2D eigenvalue weighted by Gasteiger charge is 2.17. The summed E-state index contributed by atoms with van der Waals surface area (Å²) in [5.74, 6) is 0.898. The number of tetrazole rings is 1. The van der Waals surface area contributed by atoms with Crippen LogP contribution in [0.5, 0.6) is 0 Å². The van der Waals surface area contributed by atoms with Crippen LogP contribution in [-0.2, 0) is 13.0 Å². The lowest BCUT2D eigenvalue weighted by molar-refractivity contribution is 0.111. The summed E-state index contributed by atoms with van der Waals surface area (Å²) >= 11 is 0. The minimum Gasteiger partial charge on any atom is -0.338 e. The Morgan fingerprint density at radius 2 is 1.81 bits per heavy atom. The summed E-state index contributed by atoms with van der Waals surface area (Å²) in [5, 5.41) is 14.5. The standard InChI is InChI=1S/C26H29N5O/c1-4-5-8-21-15-24(18(2)3)25(17-32)31(21)16-19-11-13-20(14-12-19)22-9-6-7-10-23(22)26-27-29-30-28-26/h6-7,9-15,17-18H,4-5,8,16H2,1-3H3,(H,27,28,29,30). The monoisotopic (exact) mass is 427 g/mol. The van der Waals surface area contributed by atoms with Gasteiger partial charge in [0.15, 0.2) is 6.29 Å². The fraction of sp³-hybridized carbons (Fsp3) is 0.308. The van der Waals surface area contributed by atoms with Gasteiger partial charge < -0.3 is 4.57 Å². The number of hydrogen-bond acceptors (Lipinski definition) is 4. The van der Waals surface area contributed by atoms with Crippen molar-refractivity contribution in [3.63, 3.8) is 0 Å². The van der Waals surface area contributed by atoms with Crippen LogP contribution in [0.2, 0.25) is 0 Å². The fourth-order valence-corrected chi connectivity index (χ4v) is 4.17. The summed E-state index contributed by atoms with van der Waals surface area (Å²) < 4.78 is 2.19. The third-order valence-electron chi connectivity index (χ3n) is 5.89. The van der Waals surface area contributed by atoms with Crippen molar-refractivity contribution in [2.75, 3.05) is 0 Å². The Morgan fingerprint density at radius 3 is 2.44 bits per heavy atom. The summed E-state index contributed by atoms with van der Waals surface area (Å²) in [6.07, 6.45) is 4.25. The molecule has 164 valence electrons. The average molecular weight is 428 g/mol. The molecule has 0 aliphatic rings. The molecular formula is C26H29N5O. The first-order valence-electron chi connectivity index (χ1n) is 11.2. The molecule has 1 N–H and O–H groups in total. The molecule has 32 heavy (non-hydrogen) atoms. The first kappa shape index (κ1) is 21.7. The predicted molar refractivity (Wildman–Crippen MR) is 127 cm³/mol. The number of unbranched alkanes of at least 4 members (excludes halogenated alkanes) is 1. The quantitative estimate of drug-likeness (QED) is 0.350. The van der Waals surface area contributed by atoms with E-state index in [1.54, 1.807) is 0 Å². The average Bonchev–Trinajstić information content (AvgIpc) is 3.47. The largest absolute Gasteiger partial charge is 0.338 e. The van der Waals surface area contributed by atoms with Gasteiger partial charge in [0.05, 0.1) is 5.69 Å². The molecule has 0 aliphatic heterocycles. The maximum atomic E-state index is 12.0. The lowest BCUT2D eigenvalue weighted by Crippen LogP contribution is -2.09. The van der Waals surface area contributed by atoms with E-state index in [4.69, 9.17) is 0 Å². The molecule has 0 fully saturated rings. The van der Waals surface area contributed by atoms with E-state index >= 15 is 0 Å². The molecule has 0 unspecified atom stereocenters. The molecule has 0 bridgehead atoms. The van der Waals surface area contributed by atoms with Crippen molar-refractivity contribution in [1.29, 1.82) is 0 Å². The van der Waals surface area contributed by atoms with Crippen LogP contribution >= 0.6 is 0 Å². The summed E-state index contributed by atoms with van der Waals surface area (Å²) in [6, 6.07) is 18.8. The number of hydrogen-bond donors (Lipinski definition) is 1. The number of H-pyrrole nitrogens is 1. The van der Waals surface area contributed by atoms with Gasteiger partial charge in [-0.1, -0.05) is 75.7 Å². The van der Waals surface area contributed by atoms with Gasteiger partial charge in [-0.25, -0.2) is 0 Å². The Morgan fingerprint density at radius 1 is 1.06 bits per heavy atom. The summed E-state index contributed by atoms with van der Waals surface area (Å²) in [4.78, 5) is 12.0. The third kappa shape index (κ3) is 4.40. The van der Waals surface area contributed by atoms with E-state index in [0.717, 1.165) is 59.1 Å². The Bertz CT molecular complexity index is 1170. The maximum absolute atomic E-state index is 12.0. The Kier molecular flexibility index (Phi) is 6.59. The second-order valence-electron chi connectivity index (χ2n) is 8.42. The van der Waals surface area contributed by atoms with Crippen LogP contribution in [0.1, 0.15) is 66.8 Å². The predicted octanol–water partition coefficient (Wildman–Crippen LogP) is 5.66. The Balaban J connectivity index is 1.65. The Hall–Kier alpha value is -3.54. The van der Waals surface area contributed by atoms with Crippen LogP contribution < -0.4 is 0 Å². The number of aryl methyl sites for hydroxylation is 1. The van der Waals surface area contributed by atoms with Crippen molar-refractivity contribution in [3.05, 3.63) is 77.1 Å². The normalized spacial score (nSPS) is 11.2. The zero-order valence-electron chi connectivity index (χ0n) is 18.9. The highest BCUT2D eigenvalue weighted by Crippen LogP contribution is 2.30. The number of nitrogens with zero attached hydrogens (tertiary/aromatic N) is 4. The SMILES string of the molecule is CCCCc1cc(C(C)C)c(C=O)n1Cc1ccc(-c2ccccc2-c2nn[nH]n2)cc1. The number of aldehydes is 1. The minimum absolute atomic E-state index is 0.320. The second kappa shape index (κ2) is 9.73. The first-order valence-corrected chi connectivity index (χ1v) is 11.2. The smallest absolute Gasteiger partial charge is 0.205 e. The van der Waals surface area contributed by atoms with Crippen molar-refractivity contribution >= 4 is 6.29 Å². The zero-order valence-corrected chi connectivity index (χ0v) is 18.9. The first-order chi connectivity index (χ1) is 15.6. The molecule has 6 heteroatoms. The van der Waals surface area contributed by atoms with E-state index in [-0.39, 0.29) is 0 Å². The molecule has 0 saturated carbocycles. The topological polar surface area (TPSA) is 76.5 Å². The molecular weight excluding hydrogens is 398 g/mol. The molecule has 6 nitrogen and oxygen atoms in total. The van der Waals surface area contributed by atoms with E-state index < -0.39 is 0 Å². The number of carbonyl (C=O) groups excluding carboxylic acids is 1. The van der Waals surface area contributed by atoms with Crippen molar-refractivity contribution in [3.8, 4) is 22.5 Å². The minimum atomic E-state index is 0.320. The number of rotatable bonds is 9. The van der Waals surface area contributed by atoms with Crippen molar-refractivity contribution in [1.82, 2.24) is 25.2 Å². The highest BCUT2D eigenvalue weighted by atomic mass is 16.1. The van der Waals surface area contributed by atoms with Gasteiger partial charge in [0, 0.05) is 17.8 Å². The number of nitrogens with one attached hydrogen (secondary N) is 1. The highest BCUT2D eigenvalue weighted by molar-refractivity contribution is 5.80. The summed E-state index contributed by atoms with van der Waals surface area (Å²) in [5.41, 5.74) is 7.43. The molecule has 2 heterocycles. The van der Waals surface area contributed by atoms with E-state index in [1.807, 2.05) is 18.2 Å². The molecule has 0 spiro atoms. The van der Waals surface area contributed by atoms with Gasteiger partial charge in [-0.3, -0.25) is 4.79 Å². The van der Waals surface area contributed by atoms with E-state index in [1.165, 1.54) is 5.69 Å². The van der Waals surface area contributed by atoms with Crippen molar-refractivity contribution in [2.24, 2.45) is 0 Å². The van der Waals surface area contributed by atoms with Gasteiger partial charge in [0.1, 0.15) is 0 Å². The van der Waals surface area contributed by atoms with Crippen LogP contribution in [0.25, 0.3) is 22.5 Å². The molecule has 0 radical (unpaired) electrons. The van der Waals surface area contributed by atoms with Crippen LogP contribution in [0.15, 0.2) is 54.6 Å². The van der Waals surface area contributed by atoms with Crippen LogP contribution in [0, 0.1) is 0 Å². The number of benzene rings is 2. The second-order valence-corrected chi connectivity index (χ2v) is 8.42. The van der Waals surface area contributed by atoms with Gasteiger partial charge in [-0.05, 0) is 52.3 Å². The summed E-state index contributed by atoms with van der Waals surface area (Å²) in [6.45, 7) is 7.17. The van der Waals surface area contributed by atoms with Gasteiger partial charge in [-0.15, -0.1) is 10.2 Å². The van der Waals surface area contributed by atoms with Crippen molar-refractivity contribution in [2.45, 2.75) is 52.5 Å². The van der Waals surface area contributed by atoms with Gasteiger partial charge in [0.2, 0.25) is 5.82 Å². The molecule has 0 amide bonds. The van der Waals surface area contributed by atoms with Gasteiger partial charge >= 0.3 is 0 Å². The lowest BCUT2D eigenvalue weighted by atomic mass is 9.98. The maximum Gasteiger partial charge on any atom is 0.205 e. The summed E-state index contributed by atoms with van der Waals surface area (Å²) in [7, 11) is 0. The fourth-order valence-electron chi connectivity index (χ4n) is 4.17. The molecule has 2 aromatic carbocycles. The molecule has 0 aliphatic carbocycles. The number of aromatic nitrogens is 5. The van der Waals surface area contributed by atoms with Crippen molar-refractivity contribution < 1.29 is 4.79 Å². The lowest BCUT2D eigenvalue weighted by Gasteiger charge is -2.13. The van der Waals surface area contributed by atoms with E-state index in [9.17, 15) is 4.79 Å². The van der Waals surface area contributed by atoms with Crippen LogP contribution in [-0.4, -0.2) is 31.5 Å². The van der Waals surface area contributed by atoms with E-state index in [0.29, 0.717) is 18.3 Å². The third-order valence-corrected chi connectivity index (χ3v) is 5.89. The van der Waals surface area contributed by atoms with Gasteiger partial charge in [-0.2, -0.15) is 5.21 Å². The molecule has 2 aromatic heterocycles. The molecule has 4 rings (SSSR count). The zero-order chi connectivity index (χ0) is 22.5. The van der Waals surface area contributed by atoms with Crippen LogP contribution in [0.3, 0.4) is 0 Å². The number of carbonyl (C=O) groups is 1. The van der Waals surface area contributed by atoms with Crippen LogP contribution in [0.4, 0.5) is 0 Å². The van der Waals surface area contributed by atoms with E-state index in [2.05, 4.69) is 82.4 Å². The van der Waals surface area contributed by atoms with Gasteiger partial charge in [0.25, 0.3) is 0 Å². The molecule has 0 saturated heterocycles. The Labute approximate surface area is 188 Å².